The maximum absolute atomic E-state index is 12.6. The van der Waals surface area contributed by atoms with Gasteiger partial charge in [0.1, 0.15) is 5.75 Å². The molecule has 7 nitrogen and oxygen atoms in total. The highest BCUT2D eigenvalue weighted by Crippen LogP contribution is 2.27. The van der Waals surface area contributed by atoms with Gasteiger partial charge in [0.25, 0.3) is 5.91 Å². The van der Waals surface area contributed by atoms with Gasteiger partial charge in [-0.2, -0.15) is 0 Å². The Bertz CT molecular complexity index is 1190. The smallest absolute Gasteiger partial charge is 0.262 e. The average molecular weight is 492 g/mol. The standard InChI is InChI=1S/C27H26ClN3O4/c1-18-2-8-22(9-3-18)30-25(32)17-35-24-12-10-23(11-13-24)31-16-20(14-26(31)33)27(34)29-15-19-4-6-21(28)7-5-19/h2-13,20H,14-17H2,1H3,(H,29,34)(H,30,32)/t20-/m0/s1. The van der Waals surface area contributed by atoms with Crippen molar-refractivity contribution in [3.63, 3.8) is 0 Å². The van der Waals surface area contributed by atoms with E-state index in [0.29, 0.717) is 35.2 Å². The van der Waals surface area contributed by atoms with E-state index in [9.17, 15) is 14.4 Å². The third-order valence-corrected chi connectivity index (χ3v) is 5.98. The minimum absolute atomic E-state index is 0.109. The number of hydrogen-bond acceptors (Lipinski definition) is 4. The number of aryl methyl sites for hydroxylation is 1. The predicted molar refractivity (Wildman–Crippen MR) is 136 cm³/mol. The number of benzene rings is 3. The molecule has 3 aromatic carbocycles. The summed E-state index contributed by atoms with van der Waals surface area (Å²) in [6, 6.07) is 21.7. The number of nitrogens with zero attached hydrogens (tertiary/aromatic N) is 1. The quantitative estimate of drug-likeness (QED) is 0.491. The van der Waals surface area contributed by atoms with Crippen molar-refractivity contribution >= 4 is 40.7 Å². The number of hydrogen-bond donors (Lipinski definition) is 2. The van der Waals surface area contributed by atoms with Gasteiger partial charge in [-0.25, -0.2) is 0 Å². The lowest BCUT2D eigenvalue weighted by Gasteiger charge is -2.17. The molecule has 2 N–H and O–H groups in total. The molecule has 3 aromatic rings. The summed E-state index contributed by atoms with van der Waals surface area (Å²) in [5.41, 5.74) is 3.44. The molecule has 0 spiro atoms. The monoisotopic (exact) mass is 491 g/mol. The third-order valence-electron chi connectivity index (χ3n) is 5.73. The number of amides is 3. The van der Waals surface area contributed by atoms with Crippen LogP contribution in [0.5, 0.6) is 5.75 Å². The van der Waals surface area contributed by atoms with E-state index in [1.807, 2.05) is 43.3 Å². The highest BCUT2D eigenvalue weighted by molar-refractivity contribution is 6.30. The zero-order valence-electron chi connectivity index (χ0n) is 19.3. The first-order chi connectivity index (χ1) is 16.9. The fourth-order valence-corrected chi connectivity index (χ4v) is 3.90. The van der Waals surface area contributed by atoms with Crippen LogP contribution in [0.15, 0.2) is 72.8 Å². The number of carbonyl (C=O) groups is 3. The Hall–Kier alpha value is -3.84. The van der Waals surface area contributed by atoms with Crippen LogP contribution in [0, 0.1) is 12.8 Å². The van der Waals surface area contributed by atoms with Crippen LogP contribution in [0.4, 0.5) is 11.4 Å². The van der Waals surface area contributed by atoms with Gasteiger partial charge in [-0.05, 0) is 61.0 Å². The van der Waals surface area contributed by atoms with E-state index in [4.69, 9.17) is 16.3 Å². The van der Waals surface area contributed by atoms with Crippen molar-refractivity contribution < 1.29 is 19.1 Å². The first kappa shape index (κ1) is 24.3. The van der Waals surface area contributed by atoms with Gasteiger partial charge in [-0.3, -0.25) is 14.4 Å². The fourth-order valence-electron chi connectivity index (χ4n) is 3.77. The van der Waals surface area contributed by atoms with Crippen LogP contribution in [0.25, 0.3) is 0 Å². The highest BCUT2D eigenvalue weighted by atomic mass is 35.5. The van der Waals surface area contributed by atoms with Crippen LogP contribution in [-0.2, 0) is 20.9 Å². The number of ether oxygens (including phenoxy) is 1. The molecule has 1 fully saturated rings. The van der Waals surface area contributed by atoms with Crippen LogP contribution >= 0.6 is 11.6 Å². The van der Waals surface area contributed by atoms with Crippen molar-refractivity contribution in [1.82, 2.24) is 5.32 Å². The van der Waals surface area contributed by atoms with E-state index in [2.05, 4.69) is 10.6 Å². The topological polar surface area (TPSA) is 87.7 Å². The minimum Gasteiger partial charge on any atom is -0.484 e. The third kappa shape index (κ3) is 6.61. The van der Waals surface area contributed by atoms with E-state index in [-0.39, 0.29) is 30.7 Å². The lowest BCUT2D eigenvalue weighted by Crippen LogP contribution is -2.32. The van der Waals surface area contributed by atoms with Gasteiger partial charge in [0.05, 0.1) is 5.92 Å². The predicted octanol–water partition coefficient (Wildman–Crippen LogP) is 4.34. The van der Waals surface area contributed by atoms with Crippen molar-refractivity contribution in [3.8, 4) is 5.75 Å². The highest BCUT2D eigenvalue weighted by Gasteiger charge is 2.35. The maximum atomic E-state index is 12.6. The minimum atomic E-state index is -0.420. The Balaban J connectivity index is 1.26. The van der Waals surface area contributed by atoms with Crippen molar-refractivity contribution in [2.24, 2.45) is 5.92 Å². The largest absolute Gasteiger partial charge is 0.484 e. The summed E-state index contributed by atoms with van der Waals surface area (Å²) in [5.74, 6) is -0.439. The summed E-state index contributed by atoms with van der Waals surface area (Å²) >= 11 is 5.89. The molecule has 1 aliphatic rings. The van der Waals surface area contributed by atoms with Gasteiger partial charge < -0.3 is 20.3 Å². The summed E-state index contributed by atoms with van der Waals surface area (Å²) < 4.78 is 5.56. The zero-order chi connectivity index (χ0) is 24.8. The maximum Gasteiger partial charge on any atom is 0.262 e. The van der Waals surface area contributed by atoms with Gasteiger partial charge in [0.15, 0.2) is 6.61 Å². The SMILES string of the molecule is Cc1ccc(NC(=O)COc2ccc(N3C[C@@H](C(=O)NCc4ccc(Cl)cc4)CC3=O)cc2)cc1. The van der Waals surface area contributed by atoms with Gasteiger partial charge in [-0.1, -0.05) is 41.4 Å². The van der Waals surface area contributed by atoms with Gasteiger partial charge in [0, 0.05) is 35.9 Å². The second-order valence-corrected chi connectivity index (χ2v) is 8.88. The molecule has 0 saturated carbocycles. The molecule has 0 bridgehead atoms. The number of rotatable bonds is 8. The van der Waals surface area contributed by atoms with Crippen LogP contribution in [-0.4, -0.2) is 30.9 Å². The lowest BCUT2D eigenvalue weighted by molar-refractivity contribution is -0.126. The fraction of sp³-hybridized carbons (Fsp3) is 0.222. The Kier molecular flexibility index (Phi) is 7.67. The van der Waals surface area contributed by atoms with E-state index >= 15 is 0 Å². The van der Waals surface area contributed by atoms with Crippen LogP contribution in [0.1, 0.15) is 17.5 Å². The summed E-state index contributed by atoms with van der Waals surface area (Å²) in [4.78, 5) is 38.8. The molecule has 1 aliphatic heterocycles. The molecule has 1 heterocycles. The molecule has 1 saturated heterocycles. The molecule has 0 radical (unpaired) electrons. The first-order valence-corrected chi connectivity index (χ1v) is 11.7. The van der Waals surface area contributed by atoms with E-state index in [1.165, 1.54) is 0 Å². The Morgan fingerprint density at radius 1 is 1.00 bits per heavy atom. The normalized spacial score (nSPS) is 15.1. The second kappa shape index (κ2) is 11.1. The Morgan fingerprint density at radius 2 is 1.69 bits per heavy atom. The van der Waals surface area contributed by atoms with E-state index < -0.39 is 5.92 Å². The summed E-state index contributed by atoms with van der Waals surface area (Å²) in [6.07, 6.45) is 0.157. The van der Waals surface area contributed by atoms with Crippen molar-refractivity contribution in [2.45, 2.75) is 19.9 Å². The summed E-state index contributed by atoms with van der Waals surface area (Å²) in [7, 11) is 0. The number of halogens is 1. The molecule has 1 atom stereocenters. The number of anilines is 2. The Morgan fingerprint density at radius 3 is 2.37 bits per heavy atom. The van der Waals surface area contributed by atoms with E-state index in [0.717, 1.165) is 11.1 Å². The molecule has 180 valence electrons. The van der Waals surface area contributed by atoms with E-state index in [1.54, 1.807) is 41.3 Å². The molecule has 4 rings (SSSR count). The first-order valence-electron chi connectivity index (χ1n) is 11.3. The van der Waals surface area contributed by atoms with Gasteiger partial charge in [-0.15, -0.1) is 0 Å². The molecular formula is C27H26ClN3O4. The van der Waals surface area contributed by atoms with Crippen molar-refractivity contribution in [1.29, 1.82) is 0 Å². The van der Waals surface area contributed by atoms with Gasteiger partial charge >= 0.3 is 0 Å². The summed E-state index contributed by atoms with van der Waals surface area (Å²) in [5, 5.41) is 6.31. The number of carbonyl (C=O) groups excluding carboxylic acids is 3. The Labute approximate surface area is 209 Å². The molecule has 0 aromatic heterocycles. The van der Waals surface area contributed by atoms with Crippen molar-refractivity contribution in [2.75, 3.05) is 23.4 Å². The van der Waals surface area contributed by atoms with Crippen LogP contribution in [0.3, 0.4) is 0 Å². The second-order valence-electron chi connectivity index (χ2n) is 8.45. The lowest BCUT2D eigenvalue weighted by atomic mass is 10.1. The molecule has 3 amide bonds. The molecular weight excluding hydrogens is 466 g/mol. The summed E-state index contributed by atoms with van der Waals surface area (Å²) in [6.45, 7) is 2.53. The van der Waals surface area contributed by atoms with Crippen LogP contribution in [0.2, 0.25) is 5.02 Å². The molecule has 0 aliphatic carbocycles. The van der Waals surface area contributed by atoms with Crippen LogP contribution < -0.4 is 20.3 Å². The zero-order valence-corrected chi connectivity index (χ0v) is 20.0. The molecule has 35 heavy (non-hydrogen) atoms. The number of nitrogens with one attached hydrogen (secondary N) is 2. The van der Waals surface area contributed by atoms with Crippen molar-refractivity contribution in [3.05, 3.63) is 88.9 Å². The molecule has 0 unspecified atom stereocenters. The average Bonchev–Trinajstić information content (AvgIpc) is 3.25. The van der Waals surface area contributed by atoms with Gasteiger partial charge in [0.2, 0.25) is 11.8 Å². The molecule has 8 heteroatoms.